The summed E-state index contributed by atoms with van der Waals surface area (Å²) in [5, 5.41) is 0. The highest BCUT2D eigenvalue weighted by molar-refractivity contribution is 9.10. The quantitative estimate of drug-likeness (QED) is 0.699. The second-order valence-corrected chi connectivity index (χ2v) is 11.0. The lowest BCUT2D eigenvalue weighted by atomic mass is 10.1. The Morgan fingerprint density at radius 2 is 1.68 bits per heavy atom. The van der Waals surface area contributed by atoms with Gasteiger partial charge in [0.15, 0.2) is 0 Å². The molecule has 1 aliphatic rings. The second-order valence-electron chi connectivity index (χ2n) is 6.48. The third-order valence-corrected chi connectivity index (χ3v) is 8.21. The van der Waals surface area contributed by atoms with E-state index in [2.05, 4.69) is 15.9 Å². The lowest BCUT2D eigenvalue weighted by Gasteiger charge is -2.17. The molecule has 0 spiro atoms. The number of carbonyl (C=O) groups is 1. The lowest BCUT2D eigenvalue weighted by molar-refractivity contribution is 0.0980. The fraction of sp³-hybridized carbons (Fsp3) is 0.278. The van der Waals surface area contributed by atoms with E-state index >= 15 is 0 Å². The predicted octanol–water partition coefficient (Wildman–Crippen LogP) is 2.66. The zero-order valence-electron chi connectivity index (χ0n) is 15.1. The van der Waals surface area contributed by atoms with Gasteiger partial charge in [-0.15, -0.1) is 0 Å². The van der Waals surface area contributed by atoms with Crippen molar-refractivity contribution < 1.29 is 21.6 Å². The number of hydrogen-bond donors (Lipinski definition) is 1. The Hall–Kier alpha value is -1.75. The smallest absolute Gasteiger partial charge is 0.265 e. The van der Waals surface area contributed by atoms with Gasteiger partial charge in [0.25, 0.3) is 15.9 Å². The summed E-state index contributed by atoms with van der Waals surface area (Å²) in [5.74, 6) is -0.879. The van der Waals surface area contributed by atoms with Crippen molar-refractivity contribution in [3.8, 4) is 0 Å². The highest BCUT2D eigenvalue weighted by Crippen LogP contribution is 2.23. The SMILES string of the molecule is Cc1ccc(S(=O)(=O)N2CCCC2)cc1C(=O)NS(=O)(=O)c1cccc(Br)c1. The van der Waals surface area contributed by atoms with Gasteiger partial charge in [-0.3, -0.25) is 4.79 Å². The van der Waals surface area contributed by atoms with E-state index in [1.165, 1.54) is 40.7 Å². The first-order valence-corrected chi connectivity index (χ1v) is 12.3. The average molecular weight is 487 g/mol. The van der Waals surface area contributed by atoms with Gasteiger partial charge in [-0.2, -0.15) is 4.31 Å². The van der Waals surface area contributed by atoms with E-state index in [1.54, 1.807) is 13.0 Å². The predicted molar refractivity (Wildman–Crippen MR) is 108 cm³/mol. The van der Waals surface area contributed by atoms with Crippen LogP contribution in [-0.2, 0) is 20.0 Å². The van der Waals surface area contributed by atoms with E-state index in [0.717, 1.165) is 12.8 Å². The van der Waals surface area contributed by atoms with Crippen LogP contribution in [-0.4, -0.2) is 40.1 Å². The van der Waals surface area contributed by atoms with Gasteiger partial charge in [-0.25, -0.2) is 21.6 Å². The Morgan fingerprint density at radius 1 is 1.00 bits per heavy atom. The summed E-state index contributed by atoms with van der Waals surface area (Å²) in [6, 6.07) is 10.1. The number of rotatable bonds is 5. The third-order valence-electron chi connectivity index (χ3n) is 4.49. The number of benzene rings is 2. The largest absolute Gasteiger partial charge is 0.268 e. The zero-order chi connectivity index (χ0) is 20.5. The van der Waals surface area contributed by atoms with Crippen molar-refractivity contribution in [1.82, 2.24) is 9.03 Å². The van der Waals surface area contributed by atoms with Crippen molar-refractivity contribution in [3.05, 3.63) is 58.1 Å². The minimum atomic E-state index is -4.10. The van der Waals surface area contributed by atoms with Crippen LogP contribution in [0.4, 0.5) is 0 Å². The maximum absolute atomic E-state index is 12.7. The van der Waals surface area contributed by atoms with Gasteiger partial charge in [-0.05, 0) is 55.7 Å². The number of hydrogen-bond acceptors (Lipinski definition) is 5. The van der Waals surface area contributed by atoms with Gasteiger partial charge in [0.1, 0.15) is 0 Å². The Morgan fingerprint density at radius 3 is 2.32 bits per heavy atom. The second kappa shape index (κ2) is 7.94. The highest BCUT2D eigenvalue weighted by Gasteiger charge is 2.28. The van der Waals surface area contributed by atoms with E-state index in [9.17, 15) is 21.6 Å². The van der Waals surface area contributed by atoms with Crippen molar-refractivity contribution in [2.75, 3.05) is 13.1 Å². The molecule has 0 bridgehead atoms. The number of amides is 1. The molecule has 7 nitrogen and oxygen atoms in total. The monoisotopic (exact) mass is 486 g/mol. The van der Waals surface area contributed by atoms with Gasteiger partial charge in [0.2, 0.25) is 10.0 Å². The van der Waals surface area contributed by atoms with Crippen LogP contribution >= 0.6 is 15.9 Å². The number of aryl methyl sites for hydroxylation is 1. The fourth-order valence-corrected chi connectivity index (χ4v) is 6.06. The van der Waals surface area contributed by atoms with Crippen molar-refractivity contribution >= 4 is 41.9 Å². The minimum Gasteiger partial charge on any atom is -0.268 e. The van der Waals surface area contributed by atoms with E-state index < -0.39 is 26.0 Å². The minimum absolute atomic E-state index is 0.00107. The zero-order valence-corrected chi connectivity index (χ0v) is 18.3. The van der Waals surface area contributed by atoms with Crippen LogP contribution in [0, 0.1) is 6.92 Å². The summed E-state index contributed by atoms with van der Waals surface area (Å²) in [7, 11) is -7.82. The Kier molecular flexibility index (Phi) is 5.95. The van der Waals surface area contributed by atoms with Crippen LogP contribution in [0.15, 0.2) is 56.7 Å². The molecule has 28 heavy (non-hydrogen) atoms. The molecule has 10 heteroatoms. The summed E-state index contributed by atoms with van der Waals surface area (Å²) >= 11 is 3.19. The van der Waals surface area contributed by atoms with Gasteiger partial charge >= 0.3 is 0 Å². The van der Waals surface area contributed by atoms with Crippen LogP contribution in [0.5, 0.6) is 0 Å². The summed E-state index contributed by atoms with van der Waals surface area (Å²) in [6.07, 6.45) is 1.59. The van der Waals surface area contributed by atoms with Crippen LogP contribution in [0.3, 0.4) is 0 Å². The lowest BCUT2D eigenvalue weighted by Crippen LogP contribution is -2.32. The van der Waals surface area contributed by atoms with E-state index in [4.69, 9.17) is 0 Å². The molecule has 0 radical (unpaired) electrons. The van der Waals surface area contributed by atoms with E-state index in [0.29, 0.717) is 23.1 Å². The van der Waals surface area contributed by atoms with E-state index in [-0.39, 0.29) is 15.4 Å². The molecule has 0 aliphatic carbocycles. The summed E-state index contributed by atoms with van der Waals surface area (Å²) in [5.41, 5.74) is 0.473. The van der Waals surface area contributed by atoms with Crippen molar-refractivity contribution in [2.24, 2.45) is 0 Å². The van der Waals surface area contributed by atoms with Gasteiger partial charge in [0.05, 0.1) is 9.79 Å². The first-order valence-electron chi connectivity index (χ1n) is 8.55. The Balaban J connectivity index is 1.92. The van der Waals surface area contributed by atoms with Crippen LogP contribution in [0.2, 0.25) is 0 Å². The van der Waals surface area contributed by atoms with Crippen LogP contribution < -0.4 is 4.72 Å². The van der Waals surface area contributed by atoms with Crippen LogP contribution in [0.1, 0.15) is 28.8 Å². The molecular formula is C18H19BrN2O5S2. The van der Waals surface area contributed by atoms with Crippen molar-refractivity contribution in [3.63, 3.8) is 0 Å². The third kappa shape index (κ3) is 4.29. The summed E-state index contributed by atoms with van der Waals surface area (Å²) in [4.78, 5) is 12.5. The van der Waals surface area contributed by atoms with Gasteiger partial charge in [-0.1, -0.05) is 28.1 Å². The number of carbonyl (C=O) groups excluding carboxylic acids is 1. The molecule has 0 atom stereocenters. The molecule has 150 valence electrons. The molecule has 3 rings (SSSR count). The molecule has 2 aromatic carbocycles. The molecule has 1 heterocycles. The molecule has 0 aromatic heterocycles. The molecule has 1 fully saturated rings. The molecular weight excluding hydrogens is 468 g/mol. The molecule has 1 aliphatic heterocycles. The fourth-order valence-electron chi connectivity index (χ4n) is 2.95. The topological polar surface area (TPSA) is 101 Å². The van der Waals surface area contributed by atoms with Gasteiger partial charge in [0, 0.05) is 23.1 Å². The maximum Gasteiger partial charge on any atom is 0.265 e. The Labute approximate surface area is 173 Å². The van der Waals surface area contributed by atoms with Gasteiger partial charge < -0.3 is 0 Å². The first-order chi connectivity index (χ1) is 13.1. The maximum atomic E-state index is 12.7. The average Bonchev–Trinajstić information content (AvgIpc) is 3.17. The molecule has 2 aromatic rings. The van der Waals surface area contributed by atoms with Crippen molar-refractivity contribution in [1.29, 1.82) is 0 Å². The standard InChI is InChI=1S/C18H19BrN2O5S2/c1-13-7-8-16(28(25,26)21-9-2-3-10-21)12-17(13)18(22)20-27(23,24)15-6-4-5-14(19)11-15/h4-8,11-12H,2-3,9-10H2,1H3,(H,20,22). The molecule has 0 saturated carbocycles. The van der Waals surface area contributed by atoms with Crippen LogP contribution in [0.25, 0.3) is 0 Å². The molecule has 0 unspecified atom stereocenters. The summed E-state index contributed by atoms with van der Waals surface area (Å²) in [6.45, 7) is 2.50. The normalized spacial score (nSPS) is 15.5. The highest BCUT2D eigenvalue weighted by atomic mass is 79.9. The number of nitrogens with one attached hydrogen (secondary N) is 1. The molecule has 1 amide bonds. The first kappa shape index (κ1) is 21.0. The number of sulfonamides is 2. The molecule has 1 saturated heterocycles. The Bertz CT molecular complexity index is 1120. The van der Waals surface area contributed by atoms with Crippen molar-refractivity contribution in [2.45, 2.75) is 29.6 Å². The number of nitrogens with zero attached hydrogens (tertiary/aromatic N) is 1. The number of halogens is 1. The van der Waals surface area contributed by atoms with E-state index in [1.807, 2.05) is 4.72 Å². The summed E-state index contributed by atoms with van der Waals surface area (Å²) < 4.78 is 54.4. The molecule has 1 N–H and O–H groups in total.